The zero-order valence-electron chi connectivity index (χ0n) is 23.7. The summed E-state index contributed by atoms with van der Waals surface area (Å²) in [5, 5.41) is 0.660. The molecule has 2 aliphatic heterocycles. The van der Waals surface area contributed by atoms with Crippen LogP contribution in [0.15, 0.2) is 48.6 Å². The molecule has 2 heterocycles. The highest BCUT2D eigenvalue weighted by atomic mass is 35.5. The van der Waals surface area contributed by atoms with Gasteiger partial charge in [0.2, 0.25) is 0 Å². The largest absolute Gasteiger partial charge is 0.490 e. The van der Waals surface area contributed by atoms with Gasteiger partial charge in [-0.3, -0.25) is 9.52 Å². The van der Waals surface area contributed by atoms with Gasteiger partial charge >= 0.3 is 0 Å². The van der Waals surface area contributed by atoms with E-state index < -0.39 is 11.0 Å². The summed E-state index contributed by atoms with van der Waals surface area (Å²) < 4.78 is 22.5. The van der Waals surface area contributed by atoms with Gasteiger partial charge in [-0.05, 0) is 118 Å². The maximum atomic E-state index is 13.3. The van der Waals surface area contributed by atoms with Crippen LogP contribution in [0.2, 0.25) is 5.02 Å². The Hall–Kier alpha value is -2.31. The molecule has 6 atom stereocenters. The van der Waals surface area contributed by atoms with E-state index in [4.69, 9.17) is 16.3 Å². The zero-order valence-corrected chi connectivity index (χ0v) is 25.3. The number of carbonyl (C=O) groups excluding carboxylic acids is 1. The van der Waals surface area contributed by atoms with E-state index in [1.807, 2.05) is 25.1 Å². The van der Waals surface area contributed by atoms with Gasteiger partial charge in [0.25, 0.3) is 5.91 Å². The fourth-order valence-corrected chi connectivity index (χ4v) is 8.63. The molecule has 2 aliphatic carbocycles. The molecule has 2 bridgehead atoms. The van der Waals surface area contributed by atoms with E-state index in [0.29, 0.717) is 24.0 Å². The Morgan fingerprint density at radius 1 is 1.10 bits per heavy atom. The van der Waals surface area contributed by atoms with Crippen LogP contribution >= 0.6 is 11.6 Å². The van der Waals surface area contributed by atoms with Crippen molar-refractivity contribution in [3.05, 3.63) is 70.3 Å². The van der Waals surface area contributed by atoms with Gasteiger partial charge in [0.1, 0.15) is 16.7 Å². The molecule has 6 unspecified atom stereocenters. The minimum atomic E-state index is -1.46. The van der Waals surface area contributed by atoms with Gasteiger partial charge in [-0.2, -0.15) is 0 Å². The minimum Gasteiger partial charge on any atom is -0.490 e. The number of nitrogens with zero attached hydrogens (tertiary/aromatic N) is 1. The first kappa shape index (κ1) is 27.8. The Morgan fingerprint density at radius 2 is 1.95 bits per heavy atom. The van der Waals surface area contributed by atoms with Gasteiger partial charge in [0, 0.05) is 29.1 Å². The molecule has 0 saturated heterocycles. The fourth-order valence-electron chi connectivity index (χ4n) is 7.39. The summed E-state index contributed by atoms with van der Waals surface area (Å²) in [6, 6.07) is 12.0. The number of aryl methyl sites for hydroxylation is 1. The molecule has 1 amide bonds. The van der Waals surface area contributed by atoms with E-state index in [0.717, 1.165) is 68.1 Å². The third-order valence-electron chi connectivity index (χ3n) is 10.2. The summed E-state index contributed by atoms with van der Waals surface area (Å²) in [5.74, 6) is 1.84. The third-order valence-corrected chi connectivity index (χ3v) is 11.9. The van der Waals surface area contributed by atoms with Crippen molar-refractivity contribution in [2.45, 2.75) is 75.9 Å². The van der Waals surface area contributed by atoms with Crippen molar-refractivity contribution in [3.63, 3.8) is 0 Å². The van der Waals surface area contributed by atoms with Crippen LogP contribution in [0.25, 0.3) is 0 Å². The summed E-state index contributed by atoms with van der Waals surface area (Å²) in [5.41, 5.74) is 5.36. The molecule has 1 spiro atoms. The Kier molecular flexibility index (Phi) is 7.77. The molecule has 2 aromatic carbocycles. The molecule has 1 saturated carbocycles. The first-order chi connectivity index (χ1) is 19.2. The van der Waals surface area contributed by atoms with Crippen molar-refractivity contribution >= 4 is 34.2 Å². The van der Waals surface area contributed by atoms with Gasteiger partial charge in [-0.15, -0.1) is 0 Å². The third kappa shape index (κ3) is 5.22. The summed E-state index contributed by atoms with van der Waals surface area (Å²) in [6.07, 6.45) is 8.62. The predicted molar refractivity (Wildman–Crippen MR) is 164 cm³/mol. The first-order valence-electron chi connectivity index (χ1n) is 14.9. The van der Waals surface area contributed by atoms with Crippen LogP contribution in [0.5, 0.6) is 5.75 Å². The molecule has 4 aliphatic rings. The molecule has 214 valence electrons. The molecular formula is C33H41ClN2O3S. The number of hydrogen-bond acceptors (Lipinski definition) is 4. The van der Waals surface area contributed by atoms with Gasteiger partial charge in [0.15, 0.2) is 0 Å². The molecule has 6 rings (SSSR count). The van der Waals surface area contributed by atoms with E-state index in [2.05, 4.69) is 35.3 Å². The topological polar surface area (TPSA) is 58.6 Å². The van der Waals surface area contributed by atoms with Crippen molar-refractivity contribution in [1.29, 1.82) is 0 Å². The number of nitrogens with one attached hydrogen (secondary N) is 1. The lowest BCUT2D eigenvalue weighted by molar-refractivity contribution is 0.0982. The highest BCUT2D eigenvalue weighted by Crippen LogP contribution is 2.47. The van der Waals surface area contributed by atoms with Crippen LogP contribution in [0.1, 0.15) is 80.3 Å². The molecule has 0 aromatic heterocycles. The monoisotopic (exact) mass is 580 g/mol. The maximum absolute atomic E-state index is 13.3. The summed E-state index contributed by atoms with van der Waals surface area (Å²) >= 11 is 6.41. The van der Waals surface area contributed by atoms with Crippen molar-refractivity contribution in [2.75, 3.05) is 24.6 Å². The number of hydrogen-bond donors (Lipinski definition) is 1. The number of benzene rings is 2. The first-order valence-corrected chi connectivity index (χ1v) is 16.5. The number of allylic oxidation sites excluding steroid dienone is 1. The van der Waals surface area contributed by atoms with Crippen molar-refractivity contribution in [3.8, 4) is 5.75 Å². The van der Waals surface area contributed by atoms with E-state index in [9.17, 15) is 9.00 Å². The van der Waals surface area contributed by atoms with E-state index >= 15 is 0 Å². The number of halogens is 1. The quantitative estimate of drug-likeness (QED) is 0.341. The summed E-state index contributed by atoms with van der Waals surface area (Å²) in [4.78, 5) is 15.8. The lowest BCUT2D eigenvalue weighted by atomic mass is 9.67. The molecule has 7 heteroatoms. The van der Waals surface area contributed by atoms with Crippen LogP contribution in [0, 0.1) is 17.8 Å². The van der Waals surface area contributed by atoms with Gasteiger partial charge in [0.05, 0.1) is 17.5 Å². The van der Waals surface area contributed by atoms with E-state index in [-0.39, 0.29) is 22.5 Å². The number of fused-ring (bicyclic) bond motifs is 4. The normalized spacial score (nSPS) is 32.7. The average Bonchev–Trinajstić information content (AvgIpc) is 3.07. The maximum Gasteiger partial charge on any atom is 0.263 e. The molecule has 1 N–H and O–H groups in total. The number of ether oxygens (including phenoxy) is 1. The van der Waals surface area contributed by atoms with Crippen LogP contribution < -0.4 is 14.4 Å². The Morgan fingerprint density at radius 3 is 2.75 bits per heavy atom. The number of carbonyl (C=O) groups is 1. The number of rotatable bonds is 0. The van der Waals surface area contributed by atoms with Crippen molar-refractivity contribution in [1.82, 2.24) is 4.72 Å². The average molecular weight is 581 g/mol. The fraction of sp³-hybridized carbons (Fsp3) is 0.545. The smallest absolute Gasteiger partial charge is 0.263 e. The highest BCUT2D eigenvalue weighted by molar-refractivity contribution is 7.84. The van der Waals surface area contributed by atoms with Crippen molar-refractivity contribution < 1.29 is 13.7 Å². The van der Waals surface area contributed by atoms with Gasteiger partial charge in [-0.1, -0.05) is 36.7 Å². The van der Waals surface area contributed by atoms with Crippen LogP contribution in [-0.2, 0) is 22.8 Å². The lowest BCUT2D eigenvalue weighted by Crippen LogP contribution is -2.48. The zero-order chi connectivity index (χ0) is 28.0. The second-order valence-corrected chi connectivity index (χ2v) is 14.7. The molecular weight excluding hydrogens is 540 g/mol. The highest BCUT2D eigenvalue weighted by Gasteiger charge is 2.43. The van der Waals surface area contributed by atoms with Crippen LogP contribution in [0.3, 0.4) is 0 Å². The molecule has 2 aromatic rings. The number of anilines is 1. The summed E-state index contributed by atoms with van der Waals surface area (Å²) in [6.45, 7) is 11.0. The van der Waals surface area contributed by atoms with Gasteiger partial charge < -0.3 is 9.64 Å². The van der Waals surface area contributed by atoms with Crippen molar-refractivity contribution in [2.24, 2.45) is 17.8 Å². The Balaban J connectivity index is 1.40. The van der Waals surface area contributed by atoms with Crippen LogP contribution in [-0.4, -0.2) is 35.1 Å². The van der Waals surface area contributed by atoms with E-state index in [1.165, 1.54) is 29.5 Å². The van der Waals surface area contributed by atoms with Gasteiger partial charge in [-0.25, -0.2) is 4.21 Å². The SMILES string of the molecule is C=C1CCCC(C)C(C)S(=O)NC(=O)c2ccc3c(c2)N(CC2CCC12)CC1(CCCc2cc(Cl)ccc21)CO3. The molecule has 1 fully saturated rings. The second kappa shape index (κ2) is 11.2. The number of amides is 1. The Bertz CT molecular complexity index is 1340. The molecule has 40 heavy (non-hydrogen) atoms. The lowest BCUT2D eigenvalue weighted by Gasteiger charge is -2.45. The molecule has 0 radical (unpaired) electrons. The summed E-state index contributed by atoms with van der Waals surface area (Å²) in [7, 11) is -1.46. The predicted octanol–water partition coefficient (Wildman–Crippen LogP) is 7.00. The Labute approximate surface area is 246 Å². The van der Waals surface area contributed by atoms with E-state index in [1.54, 1.807) is 6.07 Å². The second-order valence-electron chi connectivity index (χ2n) is 12.7. The standard InChI is InChI=1S/C33H41ClN2O3S/c1-21-6-4-7-22(2)28-12-9-26(28)18-36-19-33(15-5-8-24-16-27(34)11-13-29(24)33)20-39-31-14-10-25(17-30(31)36)32(37)35-40(38)23(21)3/h10-11,13-14,16-17,21,23,26,28H,2,4-9,12,15,18-20H2,1,3H3,(H,35,37). The minimum absolute atomic E-state index is 0.123. The molecule has 5 nitrogen and oxygen atoms in total. The van der Waals surface area contributed by atoms with Crippen LogP contribution in [0.4, 0.5) is 5.69 Å².